The van der Waals surface area contributed by atoms with Gasteiger partial charge in [0.1, 0.15) is 5.76 Å². The molecule has 2 heterocycles. The van der Waals surface area contributed by atoms with Gasteiger partial charge in [0.2, 0.25) is 0 Å². The van der Waals surface area contributed by atoms with E-state index in [9.17, 15) is 0 Å². The maximum atomic E-state index is 5.38. The van der Waals surface area contributed by atoms with Gasteiger partial charge in [-0.2, -0.15) is 11.8 Å². The van der Waals surface area contributed by atoms with Crippen LogP contribution in [0.2, 0.25) is 0 Å². The summed E-state index contributed by atoms with van der Waals surface area (Å²) >= 11 is 2.01. The first-order chi connectivity index (χ1) is 6.84. The SMILES string of the molecule is Nc1ncc(CNC2CCCSC2)o1. The Hall–Kier alpha value is -0.680. The van der Waals surface area contributed by atoms with Gasteiger partial charge in [0, 0.05) is 11.8 Å². The molecule has 3 N–H and O–H groups in total. The number of nitrogens with one attached hydrogen (secondary N) is 1. The molecule has 0 aromatic carbocycles. The standard InChI is InChI=1S/C9H15N3OS/c10-9-12-5-8(13-9)4-11-7-2-1-3-14-6-7/h5,7,11H,1-4,6H2,(H2,10,12). The third-order valence-corrected chi connectivity index (χ3v) is 3.51. The number of nitrogens with two attached hydrogens (primary N) is 1. The molecule has 14 heavy (non-hydrogen) atoms. The fraction of sp³-hybridized carbons (Fsp3) is 0.667. The number of nitrogen functional groups attached to an aromatic ring is 1. The average molecular weight is 213 g/mol. The Kier molecular flexibility index (Phi) is 3.31. The van der Waals surface area contributed by atoms with Crippen molar-refractivity contribution in [2.24, 2.45) is 0 Å². The fourth-order valence-corrected chi connectivity index (χ4v) is 2.66. The van der Waals surface area contributed by atoms with Crippen molar-refractivity contribution in [1.29, 1.82) is 0 Å². The molecular formula is C9H15N3OS. The van der Waals surface area contributed by atoms with Gasteiger partial charge in [-0.05, 0) is 18.6 Å². The van der Waals surface area contributed by atoms with E-state index in [2.05, 4.69) is 10.3 Å². The van der Waals surface area contributed by atoms with E-state index in [1.165, 1.54) is 24.3 Å². The van der Waals surface area contributed by atoms with Crippen molar-refractivity contribution in [3.8, 4) is 0 Å². The van der Waals surface area contributed by atoms with Crippen LogP contribution in [0.3, 0.4) is 0 Å². The Balaban J connectivity index is 1.76. The molecule has 0 amide bonds. The summed E-state index contributed by atoms with van der Waals surface area (Å²) < 4.78 is 5.17. The van der Waals surface area contributed by atoms with Crippen molar-refractivity contribution < 1.29 is 4.42 Å². The van der Waals surface area contributed by atoms with Crippen molar-refractivity contribution in [3.63, 3.8) is 0 Å². The lowest BCUT2D eigenvalue weighted by Crippen LogP contribution is -2.33. The molecule has 2 rings (SSSR count). The number of nitrogens with zero attached hydrogens (tertiary/aromatic N) is 1. The van der Waals surface area contributed by atoms with Gasteiger partial charge in [0.05, 0.1) is 12.7 Å². The lowest BCUT2D eigenvalue weighted by molar-refractivity contribution is 0.448. The van der Waals surface area contributed by atoms with Crippen LogP contribution in [0.15, 0.2) is 10.6 Å². The lowest BCUT2D eigenvalue weighted by Gasteiger charge is -2.21. The number of hydrogen-bond donors (Lipinski definition) is 2. The number of thioether (sulfide) groups is 1. The van der Waals surface area contributed by atoms with Gasteiger partial charge in [-0.25, -0.2) is 4.98 Å². The molecule has 1 atom stereocenters. The number of aromatic nitrogens is 1. The lowest BCUT2D eigenvalue weighted by atomic mass is 10.2. The van der Waals surface area contributed by atoms with Crippen molar-refractivity contribution in [2.45, 2.75) is 25.4 Å². The summed E-state index contributed by atoms with van der Waals surface area (Å²) in [5, 5.41) is 3.44. The molecule has 78 valence electrons. The van der Waals surface area contributed by atoms with E-state index in [0.29, 0.717) is 6.04 Å². The second-order valence-corrected chi connectivity index (χ2v) is 4.61. The zero-order chi connectivity index (χ0) is 9.80. The Morgan fingerprint density at radius 3 is 3.29 bits per heavy atom. The molecule has 5 heteroatoms. The van der Waals surface area contributed by atoms with Crippen molar-refractivity contribution >= 4 is 17.8 Å². The van der Waals surface area contributed by atoms with Crippen LogP contribution in [-0.4, -0.2) is 22.5 Å². The van der Waals surface area contributed by atoms with Crippen LogP contribution in [0, 0.1) is 0 Å². The van der Waals surface area contributed by atoms with E-state index in [1.54, 1.807) is 6.20 Å². The maximum Gasteiger partial charge on any atom is 0.292 e. The smallest absolute Gasteiger partial charge is 0.292 e. The molecule has 1 aromatic heterocycles. The van der Waals surface area contributed by atoms with Crippen molar-refractivity contribution in [2.75, 3.05) is 17.2 Å². The Morgan fingerprint density at radius 1 is 1.71 bits per heavy atom. The molecule has 1 unspecified atom stereocenters. The van der Waals surface area contributed by atoms with Crippen LogP contribution >= 0.6 is 11.8 Å². The first kappa shape index (κ1) is 9.86. The largest absolute Gasteiger partial charge is 0.428 e. The number of hydrogen-bond acceptors (Lipinski definition) is 5. The third-order valence-electron chi connectivity index (χ3n) is 2.30. The van der Waals surface area contributed by atoms with Gasteiger partial charge in [-0.1, -0.05) is 0 Å². The van der Waals surface area contributed by atoms with Gasteiger partial charge >= 0.3 is 0 Å². The molecule has 1 aliphatic heterocycles. The van der Waals surface area contributed by atoms with E-state index in [0.717, 1.165) is 12.3 Å². The summed E-state index contributed by atoms with van der Waals surface area (Å²) in [6, 6.07) is 0.861. The number of anilines is 1. The highest BCUT2D eigenvalue weighted by Crippen LogP contribution is 2.17. The second kappa shape index (κ2) is 4.70. The summed E-state index contributed by atoms with van der Waals surface area (Å²) in [4.78, 5) is 3.85. The van der Waals surface area contributed by atoms with Crippen molar-refractivity contribution in [1.82, 2.24) is 10.3 Å². The van der Waals surface area contributed by atoms with Crippen molar-refractivity contribution in [3.05, 3.63) is 12.0 Å². The maximum absolute atomic E-state index is 5.38. The van der Waals surface area contributed by atoms with Crippen LogP contribution in [-0.2, 0) is 6.54 Å². The van der Waals surface area contributed by atoms with E-state index in [4.69, 9.17) is 10.2 Å². The first-order valence-corrected chi connectivity index (χ1v) is 6.01. The van der Waals surface area contributed by atoms with E-state index >= 15 is 0 Å². The highest BCUT2D eigenvalue weighted by Gasteiger charge is 2.13. The predicted octanol–water partition coefficient (Wildman–Crippen LogP) is 1.24. The van der Waals surface area contributed by atoms with E-state index < -0.39 is 0 Å². The molecule has 1 fully saturated rings. The monoisotopic (exact) mass is 213 g/mol. The molecule has 0 aliphatic carbocycles. The quantitative estimate of drug-likeness (QED) is 0.791. The molecule has 0 radical (unpaired) electrons. The average Bonchev–Trinajstić information content (AvgIpc) is 2.63. The van der Waals surface area contributed by atoms with Gasteiger partial charge in [0.15, 0.2) is 0 Å². The Labute approximate surface area is 87.6 Å². The Morgan fingerprint density at radius 2 is 2.64 bits per heavy atom. The van der Waals surface area contributed by atoms with E-state index in [1.807, 2.05) is 11.8 Å². The summed E-state index contributed by atoms with van der Waals surface area (Å²) in [6.07, 6.45) is 4.25. The number of oxazole rings is 1. The minimum Gasteiger partial charge on any atom is -0.428 e. The fourth-order valence-electron chi connectivity index (χ4n) is 1.55. The second-order valence-electron chi connectivity index (χ2n) is 3.46. The summed E-state index contributed by atoms with van der Waals surface area (Å²) in [6.45, 7) is 0.732. The van der Waals surface area contributed by atoms with Crippen LogP contribution in [0.1, 0.15) is 18.6 Å². The molecule has 0 saturated carbocycles. The Bertz CT molecular complexity index is 283. The third kappa shape index (κ3) is 2.65. The highest BCUT2D eigenvalue weighted by molar-refractivity contribution is 7.99. The molecule has 0 bridgehead atoms. The van der Waals surface area contributed by atoms with Crippen LogP contribution in [0.25, 0.3) is 0 Å². The van der Waals surface area contributed by atoms with Gasteiger partial charge in [0.25, 0.3) is 6.01 Å². The highest BCUT2D eigenvalue weighted by atomic mass is 32.2. The number of rotatable bonds is 3. The summed E-state index contributed by atoms with van der Waals surface area (Å²) in [7, 11) is 0. The predicted molar refractivity (Wildman–Crippen MR) is 58.1 cm³/mol. The molecular weight excluding hydrogens is 198 g/mol. The topological polar surface area (TPSA) is 64.1 Å². The minimum atomic E-state index is 0.250. The van der Waals surface area contributed by atoms with Gasteiger partial charge in [-0.15, -0.1) is 0 Å². The molecule has 1 aliphatic rings. The molecule has 1 saturated heterocycles. The van der Waals surface area contributed by atoms with Crippen LogP contribution in [0.5, 0.6) is 0 Å². The molecule has 1 aromatic rings. The molecule has 0 spiro atoms. The van der Waals surface area contributed by atoms with Gasteiger partial charge in [-0.3, -0.25) is 0 Å². The van der Waals surface area contributed by atoms with E-state index in [-0.39, 0.29) is 6.01 Å². The normalized spacial score (nSPS) is 22.4. The summed E-state index contributed by atoms with van der Waals surface area (Å²) in [5.74, 6) is 3.31. The van der Waals surface area contributed by atoms with Gasteiger partial charge < -0.3 is 15.5 Å². The van der Waals surface area contributed by atoms with Crippen LogP contribution < -0.4 is 11.1 Å². The van der Waals surface area contributed by atoms with Crippen LogP contribution in [0.4, 0.5) is 6.01 Å². The zero-order valence-corrected chi connectivity index (χ0v) is 8.85. The first-order valence-electron chi connectivity index (χ1n) is 4.86. The minimum absolute atomic E-state index is 0.250. The zero-order valence-electron chi connectivity index (χ0n) is 8.03. The molecule has 4 nitrogen and oxygen atoms in total. The summed E-state index contributed by atoms with van der Waals surface area (Å²) in [5.41, 5.74) is 5.38.